The van der Waals surface area contributed by atoms with Gasteiger partial charge in [0, 0.05) is 17.3 Å². The topological polar surface area (TPSA) is 55.1 Å². The maximum absolute atomic E-state index is 12.4. The maximum Gasteiger partial charge on any atom is 0.287 e. The Bertz CT molecular complexity index is 1090. The third-order valence-electron chi connectivity index (χ3n) is 4.57. The summed E-state index contributed by atoms with van der Waals surface area (Å²) >= 11 is 0. The Morgan fingerprint density at radius 2 is 1.77 bits per heavy atom. The molecular weight excluding hydrogens is 324 g/mol. The summed E-state index contributed by atoms with van der Waals surface area (Å²) in [7, 11) is 0. The molecule has 4 heteroatoms. The van der Waals surface area contributed by atoms with Gasteiger partial charge in [0.15, 0.2) is 5.76 Å². The number of rotatable bonds is 4. The first-order valence-corrected chi connectivity index (χ1v) is 8.79. The molecule has 0 radical (unpaired) electrons. The van der Waals surface area contributed by atoms with Crippen molar-refractivity contribution < 1.29 is 9.21 Å². The number of hydrogen-bond acceptors (Lipinski definition) is 3. The third-order valence-corrected chi connectivity index (χ3v) is 4.57. The predicted octanol–water partition coefficient (Wildman–Crippen LogP) is 4.78. The smallest absolute Gasteiger partial charge is 0.287 e. The minimum Gasteiger partial charge on any atom is -0.433 e. The minimum absolute atomic E-state index is 0.234. The molecule has 2 aromatic carbocycles. The van der Waals surface area contributed by atoms with Crippen LogP contribution in [0.5, 0.6) is 0 Å². The van der Waals surface area contributed by atoms with Gasteiger partial charge in [0.05, 0.1) is 5.52 Å². The monoisotopic (exact) mass is 344 g/mol. The van der Waals surface area contributed by atoms with Crippen molar-refractivity contribution in [2.75, 3.05) is 0 Å². The van der Waals surface area contributed by atoms with E-state index < -0.39 is 0 Å². The zero-order chi connectivity index (χ0) is 18.1. The SMILES string of the molecule is CCc1ccc(CNC(=O)c2cc3cc4ccc(C)cc4nc3o2)cc1. The molecule has 0 aliphatic heterocycles. The Labute approximate surface area is 151 Å². The molecule has 1 amide bonds. The molecule has 4 rings (SSSR count). The van der Waals surface area contributed by atoms with E-state index in [2.05, 4.69) is 29.4 Å². The first-order valence-electron chi connectivity index (χ1n) is 8.79. The van der Waals surface area contributed by atoms with Crippen molar-refractivity contribution in [2.24, 2.45) is 0 Å². The number of hydrogen-bond donors (Lipinski definition) is 1. The first-order chi connectivity index (χ1) is 12.6. The molecular formula is C22H20N2O2. The molecule has 4 nitrogen and oxygen atoms in total. The number of amides is 1. The van der Waals surface area contributed by atoms with Gasteiger partial charge in [0.1, 0.15) is 0 Å². The summed E-state index contributed by atoms with van der Waals surface area (Å²) in [5.41, 5.74) is 4.84. The van der Waals surface area contributed by atoms with E-state index in [9.17, 15) is 4.79 Å². The van der Waals surface area contributed by atoms with Crippen LogP contribution >= 0.6 is 0 Å². The number of carbonyl (C=O) groups excluding carboxylic acids is 1. The second-order valence-electron chi connectivity index (χ2n) is 6.54. The Kier molecular flexibility index (Phi) is 4.17. The number of aromatic nitrogens is 1. The number of carbonyl (C=O) groups is 1. The van der Waals surface area contributed by atoms with Crippen LogP contribution < -0.4 is 5.32 Å². The van der Waals surface area contributed by atoms with Crippen LogP contribution in [0.2, 0.25) is 0 Å². The fourth-order valence-corrected chi connectivity index (χ4v) is 3.01. The molecule has 0 atom stereocenters. The average Bonchev–Trinajstić information content (AvgIpc) is 3.07. The van der Waals surface area contributed by atoms with Crippen molar-refractivity contribution in [1.82, 2.24) is 10.3 Å². The Balaban J connectivity index is 1.55. The maximum atomic E-state index is 12.4. The number of aryl methyl sites for hydroxylation is 2. The molecule has 0 saturated carbocycles. The molecule has 0 saturated heterocycles. The van der Waals surface area contributed by atoms with Crippen molar-refractivity contribution in [1.29, 1.82) is 0 Å². The van der Waals surface area contributed by atoms with Crippen LogP contribution in [0.4, 0.5) is 0 Å². The van der Waals surface area contributed by atoms with Gasteiger partial charge >= 0.3 is 0 Å². The highest BCUT2D eigenvalue weighted by Gasteiger charge is 2.13. The Morgan fingerprint density at radius 3 is 2.54 bits per heavy atom. The largest absolute Gasteiger partial charge is 0.433 e. The normalized spacial score (nSPS) is 11.2. The van der Waals surface area contributed by atoms with Gasteiger partial charge in [0.2, 0.25) is 5.71 Å². The third kappa shape index (κ3) is 3.18. The van der Waals surface area contributed by atoms with Gasteiger partial charge in [0.25, 0.3) is 5.91 Å². The highest BCUT2D eigenvalue weighted by atomic mass is 16.4. The van der Waals surface area contributed by atoms with Gasteiger partial charge in [-0.25, -0.2) is 4.98 Å². The van der Waals surface area contributed by atoms with Crippen LogP contribution in [0, 0.1) is 6.92 Å². The van der Waals surface area contributed by atoms with Crippen LogP contribution in [0.25, 0.3) is 22.0 Å². The van der Waals surface area contributed by atoms with Crippen LogP contribution in [-0.2, 0) is 13.0 Å². The molecule has 26 heavy (non-hydrogen) atoms. The van der Waals surface area contributed by atoms with Crippen molar-refractivity contribution in [3.05, 3.63) is 77.0 Å². The highest BCUT2D eigenvalue weighted by molar-refractivity contribution is 5.98. The van der Waals surface area contributed by atoms with Crippen molar-refractivity contribution >= 4 is 27.9 Å². The molecule has 0 aliphatic rings. The van der Waals surface area contributed by atoms with Crippen molar-refractivity contribution in [3.63, 3.8) is 0 Å². The average molecular weight is 344 g/mol. The van der Waals surface area contributed by atoms with Gasteiger partial charge in [-0.1, -0.05) is 43.3 Å². The van der Waals surface area contributed by atoms with Crippen LogP contribution in [-0.4, -0.2) is 10.9 Å². The van der Waals surface area contributed by atoms with E-state index in [1.165, 1.54) is 5.56 Å². The fourth-order valence-electron chi connectivity index (χ4n) is 3.01. The second kappa shape index (κ2) is 6.64. The van der Waals surface area contributed by atoms with E-state index in [1.54, 1.807) is 6.07 Å². The van der Waals surface area contributed by atoms with Crippen molar-refractivity contribution in [3.8, 4) is 0 Å². The highest BCUT2D eigenvalue weighted by Crippen LogP contribution is 2.23. The van der Waals surface area contributed by atoms with Gasteiger partial charge in [-0.3, -0.25) is 4.79 Å². The molecule has 0 bridgehead atoms. The number of nitrogens with zero attached hydrogens (tertiary/aromatic N) is 1. The van der Waals surface area contributed by atoms with Crippen LogP contribution in [0.15, 0.2) is 59.0 Å². The second-order valence-corrected chi connectivity index (χ2v) is 6.54. The van der Waals surface area contributed by atoms with E-state index >= 15 is 0 Å². The summed E-state index contributed by atoms with van der Waals surface area (Å²) in [6, 6.07) is 18.1. The molecule has 2 heterocycles. The number of benzene rings is 2. The molecule has 4 aromatic rings. The van der Waals surface area contributed by atoms with Gasteiger partial charge in [-0.2, -0.15) is 0 Å². The molecule has 1 N–H and O–H groups in total. The summed E-state index contributed by atoms with van der Waals surface area (Å²) in [5.74, 6) is 0.0486. The van der Waals surface area contributed by atoms with Crippen LogP contribution in [0.1, 0.15) is 34.2 Å². The first kappa shape index (κ1) is 16.3. The number of furan rings is 1. The zero-order valence-corrected chi connectivity index (χ0v) is 14.9. The predicted molar refractivity (Wildman–Crippen MR) is 103 cm³/mol. The van der Waals surface area contributed by atoms with E-state index in [1.807, 2.05) is 43.3 Å². The van der Waals surface area contributed by atoms with E-state index in [0.29, 0.717) is 12.3 Å². The van der Waals surface area contributed by atoms with Crippen LogP contribution in [0.3, 0.4) is 0 Å². The van der Waals surface area contributed by atoms with E-state index in [-0.39, 0.29) is 11.7 Å². The summed E-state index contributed by atoms with van der Waals surface area (Å²) in [5, 5.41) is 4.77. The lowest BCUT2D eigenvalue weighted by Gasteiger charge is -2.04. The van der Waals surface area contributed by atoms with E-state index in [4.69, 9.17) is 4.42 Å². The summed E-state index contributed by atoms with van der Waals surface area (Å²) in [6.07, 6.45) is 1.01. The molecule has 0 unspecified atom stereocenters. The number of nitrogens with one attached hydrogen (secondary N) is 1. The van der Waals surface area contributed by atoms with E-state index in [0.717, 1.165) is 33.8 Å². The summed E-state index contributed by atoms with van der Waals surface area (Å²) in [6.45, 7) is 4.62. The lowest BCUT2D eigenvalue weighted by molar-refractivity contribution is 0.0925. The van der Waals surface area contributed by atoms with Gasteiger partial charge < -0.3 is 9.73 Å². The molecule has 0 spiro atoms. The van der Waals surface area contributed by atoms with Crippen molar-refractivity contribution in [2.45, 2.75) is 26.8 Å². The lowest BCUT2D eigenvalue weighted by atomic mass is 10.1. The zero-order valence-electron chi connectivity index (χ0n) is 14.9. The molecule has 0 aliphatic carbocycles. The molecule has 2 aromatic heterocycles. The Hall–Kier alpha value is -3.14. The quantitative estimate of drug-likeness (QED) is 0.579. The lowest BCUT2D eigenvalue weighted by Crippen LogP contribution is -2.22. The number of pyridine rings is 1. The summed E-state index contributed by atoms with van der Waals surface area (Å²) < 4.78 is 5.68. The molecule has 130 valence electrons. The summed E-state index contributed by atoms with van der Waals surface area (Å²) in [4.78, 5) is 17.0. The fraction of sp³-hybridized carbons (Fsp3) is 0.182. The standard InChI is InChI=1S/C22H20N2O2/c1-3-15-5-7-16(8-6-15)13-23-21(25)20-12-18-11-17-9-4-14(2)10-19(17)24-22(18)26-20/h4-12H,3,13H2,1-2H3,(H,23,25). The van der Waals surface area contributed by atoms with Gasteiger partial charge in [-0.05, 0) is 48.2 Å². The Morgan fingerprint density at radius 1 is 1.00 bits per heavy atom. The number of fused-ring (bicyclic) bond motifs is 2. The van der Waals surface area contributed by atoms with Gasteiger partial charge in [-0.15, -0.1) is 0 Å². The minimum atomic E-state index is -0.234. The molecule has 0 fully saturated rings.